The molecule has 1 heterocycles. The normalized spacial score (nSPS) is 17.3. The topological polar surface area (TPSA) is 62.3 Å². The molecule has 1 N–H and O–H groups in total. The van der Waals surface area contributed by atoms with Gasteiger partial charge in [0.15, 0.2) is 5.03 Å². The molecule has 1 aromatic rings. The van der Waals surface area contributed by atoms with E-state index in [4.69, 9.17) is 0 Å². The highest BCUT2D eigenvalue weighted by Crippen LogP contribution is 2.25. The highest BCUT2D eigenvalue weighted by Gasteiger charge is 2.25. The average molecular weight is 311 g/mol. The Bertz CT molecular complexity index is 537. The molecule has 0 saturated heterocycles. The van der Waals surface area contributed by atoms with E-state index in [9.17, 15) is 8.42 Å². The highest BCUT2D eigenvalue weighted by atomic mass is 32.2. The first-order valence-corrected chi connectivity index (χ1v) is 9.04. The van der Waals surface area contributed by atoms with E-state index in [1.807, 2.05) is 13.1 Å². The van der Waals surface area contributed by atoms with Gasteiger partial charge in [0.05, 0.1) is 0 Å². The quantitative estimate of drug-likeness (QED) is 0.873. The van der Waals surface area contributed by atoms with Gasteiger partial charge < -0.3 is 5.32 Å². The fourth-order valence-corrected chi connectivity index (χ4v) is 4.02. The summed E-state index contributed by atoms with van der Waals surface area (Å²) < 4.78 is 26.5. The fraction of sp³-hybridized carbons (Fsp3) is 0.667. The van der Waals surface area contributed by atoms with Crippen LogP contribution in [0.2, 0.25) is 0 Å². The van der Waals surface area contributed by atoms with Gasteiger partial charge in [-0.05, 0) is 37.4 Å². The third-order valence-corrected chi connectivity index (χ3v) is 5.83. The maximum absolute atomic E-state index is 12.5. The van der Waals surface area contributed by atoms with E-state index < -0.39 is 10.0 Å². The molecule has 0 unspecified atom stereocenters. The number of aromatic nitrogens is 1. The molecule has 5 nitrogen and oxygen atoms in total. The lowest BCUT2D eigenvalue weighted by molar-refractivity contribution is 0.299. The van der Waals surface area contributed by atoms with Crippen LogP contribution in [0.25, 0.3) is 0 Å². The summed E-state index contributed by atoms with van der Waals surface area (Å²) in [4.78, 5) is 4.11. The molecule has 0 radical (unpaired) electrons. The molecule has 0 aromatic carbocycles. The number of hydrogen-bond donors (Lipinski definition) is 1. The van der Waals surface area contributed by atoms with Crippen molar-refractivity contribution in [1.82, 2.24) is 14.6 Å². The average Bonchev–Trinajstić information content (AvgIpc) is 2.49. The van der Waals surface area contributed by atoms with Crippen LogP contribution in [0.1, 0.15) is 37.7 Å². The van der Waals surface area contributed by atoms with Crippen LogP contribution in [-0.4, -0.2) is 38.3 Å². The molecule has 21 heavy (non-hydrogen) atoms. The smallest absolute Gasteiger partial charge is 0.260 e. The third kappa shape index (κ3) is 4.25. The van der Waals surface area contributed by atoms with Crippen LogP contribution < -0.4 is 5.32 Å². The minimum Gasteiger partial charge on any atom is -0.316 e. The van der Waals surface area contributed by atoms with Gasteiger partial charge >= 0.3 is 0 Å². The molecule has 0 spiro atoms. The summed E-state index contributed by atoms with van der Waals surface area (Å²) in [5, 5.41) is 3.16. The van der Waals surface area contributed by atoms with Gasteiger partial charge in [-0.2, -0.15) is 4.31 Å². The highest BCUT2D eigenvalue weighted by molar-refractivity contribution is 7.89. The maximum atomic E-state index is 12.5. The van der Waals surface area contributed by atoms with Gasteiger partial charge in [-0.25, -0.2) is 13.4 Å². The van der Waals surface area contributed by atoms with E-state index in [1.165, 1.54) is 23.6 Å². The zero-order valence-corrected chi connectivity index (χ0v) is 13.7. The molecule has 118 valence electrons. The number of hydrogen-bond acceptors (Lipinski definition) is 4. The minimum absolute atomic E-state index is 0.140. The second-order valence-corrected chi connectivity index (χ2v) is 7.82. The molecule has 0 amide bonds. The van der Waals surface area contributed by atoms with Crippen molar-refractivity contribution in [3.63, 3.8) is 0 Å². The monoisotopic (exact) mass is 311 g/mol. The molecule has 1 aliphatic carbocycles. The van der Waals surface area contributed by atoms with Crippen molar-refractivity contribution >= 4 is 10.0 Å². The van der Waals surface area contributed by atoms with E-state index in [1.54, 1.807) is 19.3 Å². The summed E-state index contributed by atoms with van der Waals surface area (Å²) in [7, 11) is 0.0414. The molecule has 1 aromatic heterocycles. The predicted octanol–water partition coefficient (Wildman–Crippen LogP) is 2.00. The third-order valence-electron chi connectivity index (χ3n) is 4.09. The second kappa shape index (κ2) is 7.33. The van der Waals surface area contributed by atoms with Crippen molar-refractivity contribution in [2.45, 2.75) is 43.7 Å². The number of pyridine rings is 1. The van der Waals surface area contributed by atoms with E-state index in [0.29, 0.717) is 19.0 Å². The van der Waals surface area contributed by atoms with Gasteiger partial charge in [-0.15, -0.1) is 0 Å². The van der Waals surface area contributed by atoms with Crippen LogP contribution in [0.5, 0.6) is 0 Å². The molecule has 1 aliphatic rings. The molecule has 1 fully saturated rings. The van der Waals surface area contributed by atoms with E-state index in [-0.39, 0.29) is 5.03 Å². The molecule has 0 aliphatic heterocycles. The number of nitrogens with one attached hydrogen (secondary N) is 1. The van der Waals surface area contributed by atoms with Crippen LogP contribution in [-0.2, 0) is 16.6 Å². The summed E-state index contributed by atoms with van der Waals surface area (Å²) in [5.41, 5.74) is 0.978. The van der Waals surface area contributed by atoms with Crippen LogP contribution >= 0.6 is 0 Å². The minimum atomic E-state index is -3.47. The van der Waals surface area contributed by atoms with E-state index in [0.717, 1.165) is 18.4 Å². The summed E-state index contributed by atoms with van der Waals surface area (Å²) in [6, 6.07) is 3.41. The molecular weight excluding hydrogens is 286 g/mol. The van der Waals surface area contributed by atoms with Crippen LogP contribution in [0.3, 0.4) is 0 Å². The SMILES string of the molecule is CNCc1ccc(S(=O)(=O)N(C)CC2CCCCC2)nc1. The van der Waals surface area contributed by atoms with Gasteiger partial charge in [0.2, 0.25) is 0 Å². The Morgan fingerprint density at radius 2 is 2.00 bits per heavy atom. The van der Waals surface area contributed by atoms with Crippen LogP contribution in [0, 0.1) is 5.92 Å². The van der Waals surface area contributed by atoms with Crippen molar-refractivity contribution in [2.75, 3.05) is 20.6 Å². The zero-order valence-electron chi connectivity index (χ0n) is 12.9. The maximum Gasteiger partial charge on any atom is 0.260 e. The van der Waals surface area contributed by atoms with Crippen molar-refractivity contribution in [1.29, 1.82) is 0 Å². The Morgan fingerprint density at radius 1 is 1.29 bits per heavy atom. The first-order valence-electron chi connectivity index (χ1n) is 7.60. The molecule has 2 rings (SSSR count). The Labute approximate surface area is 127 Å². The van der Waals surface area contributed by atoms with Crippen molar-refractivity contribution in [3.8, 4) is 0 Å². The second-order valence-electron chi connectivity index (χ2n) is 5.82. The number of rotatable bonds is 6. The Kier molecular flexibility index (Phi) is 5.72. The van der Waals surface area contributed by atoms with Gasteiger partial charge in [0.25, 0.3) is 10.0 Å². The first-order chi connectivity index (χ1) is 10.0. The first kappa shape index (κ1) is 16.4. The van der Waals surface area contributed by atoms with E-state index in [2.05, 4.69) is 10.3 Å². The Hall–Kier alpha value is -0.980. The lowest BCUT2D eigenvalue weighted by atomic mass is 9.89. The fourth-order valence-electron chi connectivity index (χ4n) is 2.86. The van der Waals surface area contributed by atoms with Crippen LogP contribution in [0.15, 0.2) is 23.4 Å². The van der Waals surface area contributed by atoms with Crippen molar-refractivity contribution < 1.29 is 8.42 Å². The van der Waals surface area contributed by atoms with Crippen molar-refractivity contribution in [3.05, 3.63) is 23.9 Å². The standard InChI is InChI=1S/C15H25N3O2S/c1-16-10-14-8-9-15(17-11-14)21(19,20)18(2)12-13-6-4-3-5-7-13/h8-9,11,13,16H,3-7,10,12H2,1-2H3. The number of sulfonamides is 1. The van der Waals surface area contributed by atoms with Gasteiger partial charge in [0, 0.05) is 26.3 Å². The summed E-state index contributed by atoms with van der Waals surface area (Å²) >= 11 is 0. The molecular formula is C15H25N3O2S. The van der Waals surface area contributed by atoms with Gasteiger partial charge in [0.1, 0.15) is 0 Å². The van der Waals surface area contributed by atoms with Crippen molar-refractivity contribution in [2.24, 2.45) is 5.92 Å². The van der Waals surface area contributed by atoms with Gasteiger partial charge in [-0.1, -0.05) is 25.3 Å². The molecule has 1 saturated carbocycles. The predicted molar refractivity (Wildman–Crippen MR) is 83.4 cm³/mol. The summed E-state index contributed by atoms with van der Waals surface area (Å²) in [6.45, 7) is 1.29. The molecule has 6 heteroatoms. The lowest BCUT2D eigenvalue weighted by Gasteiger charge is -2.26. The Balaban J connectivity index is 2.05. The number of nitrogens with zero attached hydrogens (tertiary/aromatic N) is 2. The Morgan fingerprint density at radius 3 is 2.57 bits per heavy atom. The lowest BCUT2D eigenvalue weighted by Crippen LogP contribution is -2.33. The summed E-state index contributed by atoms with van der Waals surface area (Å²) in [5.74, 6) is 0.488. The zero-order chi connectivity index (χ0) is 15.3. The summed E-state index contributed by atoms with van der Waals surface area (Å²) in [6.07, 6.45) is 7.60. The largest absolute Gasteiger partial charge is 0.316 e. The van der Waals surface area contributed by atoms with E-state index >= 15 is 0 Å². The van der Waals surface area contributed by atoms with Crippen LogP contribution in [0.4, 0.5) is 0 Å². The van der Waals surface area contributed by atoms with Gasteiger partial charge in [-0.3, -0.25) is 0 Å². The molecule has 0 bridgehead atoms. The molecule has 0 atom stereocenters.